The average molecular weight is 851 g/mol. The van der Waals surface area contributed by atoms with Crippen LogP contribution in [0, 0.1) is 0 Å². The minimum Gasteiger partial charge on any atom is -0.494 e. The van der Waals surface area contributed by atoms with Gasteiger partial charge in [0.2, 0.25) is 0 Å². The molecule has 4 rings (SSSR count). The number of carbonyl (C=O) groups is 3. The number of hydrogen-bond donors (Lipinski definition) is 1. The van der Waals surface area contributed by atoms with Crippen LogP contribution in [-0.4, -0.2) is 75.3 Å². The zero-order chi connectivity index (χ0) is 44.2. The summed E-state index contributed by atoms with van der Waals surface area (Å²) in [7, 11) is 1.27. The molecule has 0 bridgehead atoms. The van der Waals surface area contributed by atoms with Crippen LogP contribution in [0.5, 0.6) is 23.0 Å². The van der Waals surface area contributed by atoms with E-state index in [2.05, 4.69) is 23.4 Å². The van der Waals surface area contributed by atoms with Crippen LogP contribution >= 0.6 is 0 Å². The maximum atomic E-state index is 12.7. The highest BCUT2D eigenvalue weighted by atomic mass is 17.2. The summed E-state index contributed by atoms with van der Waals surface area (Å²) in [6.07, 6.45) is 11.8. The molecule has 4 aromatic carbocycles. The van der Waals surface area contributed by atoms with Gasteiger partial charge in [-0.25, -0.2) is 14.4 Å². The lowest BCUT2D eigenvalue weighted by atomic mass is 10.1. The fraction of sp³-hybridized carbons (Fsp3) is 0.312. The summed E-state index contributed by atoms with van der Waals surface area (Å²) in [4.78, 5) is 47.2. The van der Waals surface area contributed by atoms with Crippen molar-refractivity contribution in [2.45, 2.75) is 64.3 Å². The smallest absolute Gasteiger partial charge is 0.343 e. The zero-order valence-corrected chi connectivity index (χ0v) is 35.0. The third-order valence-electron chi connectivity index (χ3n) is 8.88. The van der Waals surface area contributed by atoms with Crippen LogP contribution in [0.3, 0.4) is 0 Å². The van der Waals surface area contributed by atoms with Gasteiger partial charge in [-0.2, -0.15) is 15.1 Å². The second-order valence-corrected chi connectivity index (χ2v) is 13.6. The first-order valence-electron chi connectivity index (χ1n) is 20.3. The highest BCUT2D eigenvalue weighted by Crippen LogP contribution is 2.23. The molecule has 62 heavy (non-hydrogen) atoms. The van der Waals surface area contributed by atoms with E-state index in [0.717, 1.165) is 74.3 Å². The molecule has 4 aromatic rings. The lowest BCUT2D eigenvalue weighted by Crippen LogP contribution is -2.09. The van der Waals surface area contributed by atoms with Crippen LogP contribution in [0.25, 0.3) is 0 Å². The van der Waals surface area contributed by atoms with Crippen molar-refractivity contribution in [2.75, 3.05) is 33.5 Å². The van der Waals surface area contributed by atoms with Crippen molar-refractivity contribution in [3.05, 3.63) is 144 Å². The molecule has 0 aliphatic carbocycles. The highest BCUT2D eigenvalue weighted by Gasteiger charge is 2.15. The number of ether oxygens (including phenoxy) is 6. The molecule has 0 heterocycles. The van der Waals surface area contributed by atoms with Crippen LogP contribution < -0.4 is 19.1 Å². The summed E-state index contributed by atoms with van der Waals surface area (Å²) >= 11 is 0. The highest BCUT2D eigenvalue weighted by molar-refractivity contribution is 5.95. The van der Waals surface area contributed by atoms with Gasteiger partial charge in [-0.3, -0.25) is 0 Å². The van der Waals surface area contributed by atoms with Gasteiger partial charge in [0.05, 0.1) is 51.5 Å². The van der Waals surface area contributed by atoms with Crippen molar-refractivity contribution in [1.29, 1.82) is 0 Å². The molecule has 0 radical (unpaired) electrons. The fourth-order valence-corrected chi connectivity index (χ4v) is 5.49. The van der Waals surface area contributed by atoms with Gasteiger partial charge in [-0.1, -0.05) is 31.7 Å². The molecule has 0 amide bonds. The van der Waals surface area contributed by atoms with Crippen LogP contribution in [0.1, 0.15) is 88.8 Å². The van der Waals surface area contributed by atoms with Gasteiger partial charge in [-0.05, 0) is 147 Å². The maximum absolute atomic E-state index is 12.7. The standard InChI is InChI=1S/C48H54N2O12/c1-4-45(51)58-30-12-8-6-10-28-56-40-21-16-37(17-22-40)35-60-62-44-27-18-38(32-43(44)48(54)55-3)34-50-49-33-36-14-23-42(24-15-36)61-47(53)39-19-25-41(26-20-39)57-29-11-7-9-13-31-59-46(52)5-2/h4-5,14-27,32-34,46,52H,1-2,6-13,28-31,35H2,3H3. The van der Waals surface area contributed by atoms with Crippen LogP contribution in [0.15, 0.2) is 127 Å². The fourth-order valence-electron chi connectivity index (χ4n) is 5.49. The Morgan fingerprint density at radius 1 is 0.661 bits per heavy atom. The van der Waals surface area contributed by atoms with Crippen molar-refractivity contribution in [3.8, 4) is 23.0 Å². The number of carbonyl (C=O) groups excluding carboxylic acids is 3. The lowest BCUT2D eigenvalue weighted by Gasteiger charge is -2.10. The first-order chi connectivity index (χ1) is 30.3. The third-order valence-corrected chi connectivity index (χ3v) is 8.88. The van der Waals surface area contributed by atoms with Gasteiger partial charge < -0.3 is 38.4 Å². The van der Waals surface area contributed by atoms with Crippen molar-refractivity contribution in [3.63, 3.8) is 0 Å². The van der Waals surface area contributed by atoms with Gasteiger partial charge in [0, 0.05) is 6.08 Å². The van der Waals surface area contributed by atoms with Crippen molar-refractivity contribution in [1.82, 2.24) is 0 Å². The van der Waals surface area contributed by atoms with E-state index in [0.29, 0.717) is 49.1 Å². The number of benzene rings is 4. The number of rotatable bonds is 29. The number of methoxy groups -OCH3 is 1. The predicted molar refractivity (Wildman–Crippen MR) is 234 cm³/mol. The number of hydrogen-bond acceptors (Lipinski definition) is 14. The molecule has 1 N–H and O–H groups in total. The third kappa shape index (κ3) is 18.3. The molecule has 0 aliphatic heterocycles. The van der Waals surface area contributed by atoms with E-state index in [1.165, 1.54) is 25.6 Å². The van der Waals surface area contributed by atoms with Crippen molar-refractivity contribution < 1.29 is 57.7 Å². The second kappa shape index (κ2) is 28.0. The summed E-state index contributed by atoms with van der Waals surface area (Å²) in [5.41, 5.74) is 2.65. The number of esters is 3. The SMILES string of the molecule is C=CC(=O)OCCCCCCOc1ccc(COOc2ccc(C=NN=Cc3ccc(OC(=O)c4ccc(OCCCCCCOC(O)C=C)cc4)cc3)cc2C(=O)OC)cc1. The Labute approximate surface area is 362 Å². The summed E-state index contributed by atoms with van der Waals surface area (Å²) in [5, 5.41) is 17.5. The van der Waals surface area contributed by atoms with E-state index in [9.17, 15) is 19.5 Å². The van der Waals surface area contributed by atoms with Crippen molar-refractivity contribution in [2.24, 2.45) is 10.2 Å². The molecule has 0 aliphatic rings. The first-order valence-corrected chi connectivity index (χ1v) is 20.3. The van der Waals surface area contributed by atoms with Crippen LogP contribution in [-0.2, 0) is 30.5 Å². The molecule has 0 aromatic heterocycles. The predicted octanol–water partition coefficient (Wildman–Crippen LogP) is 8.78. The van der Waals surface area contributed by atoms with E-state index >= 15 is 0 Å². The van der Waals surface area contributed by atoms with E-state index in [1.54, 1.807) is 66.7 Å². The Bertz CT molecular complexity index is 2050. The molecule has 1 atom stereocenters. The first kappa shape index (κ1) is 48.1. The Morgan fingerprint density at radius 2 is 1.23 bits per heavy atom. The van der Waals surface area contributed by atoms with E-state index < -0.39 is 24.2 Å². The van der Waals surface area contributed by atoms with Crippen molar-refractivity contribution >= 4 is 30.3 Å². The Morgan fingerprint density at radius 3 is 1.84 bits per heavy atom. The molecule has 0 saturated carbocycles. The Hall–Kier alpha value is -6.61. The molecule has 14 heteroatoms. The number of aliphatic hydroxyl groups excluding tert-OH is 1. The molecular formula is C48H54N2O12. The summed E-state index contributed by atoms with van der Waals surface area (Å²) in [6.45, 7) is 8.96. The lowest BCUT2D eigenvalue weighted by molar-refractivity contribution is -0.217. The Kier molecular flexibility index (Phi) is 21.7. The molecule has 0 saturated heterocycles. The van der Waals surface area contributed by atoms with Crippen LogP contribution in [0.4, 0.5) is 0 Å². The summed E-state index contributed by atoms with van der Waals surface area (Å²) in [5.74, 6) is 0.419. The van der Waals surface area contributed by atoms with Gasteiger partial charge in [0.15, 0.2) is 12.0 Å². The second-order valence-electron chi connectivity index (χ2n) is 13.6. The minimum atomic E-state index is -0.916. The van der Waals surface area contributed by atoms with E-state index in [1.807, 2.05) is 24.3 Å². The largest absolute Gasteiger partial charge is 0.494 e. The van der Waals surface area contributed by atoms with E-state index in [4.69, 9.17) is 38.2 Å². The normalized spacial score (nSPS) is 11.5. The quantitative estimate of drug-likeness (QED) is 0.00635. The molecule has 0 spiro atoms. The maximum Gasteiger partial charge on any atom is 0.343 e. The number of unbranched alkanes of at least 4 members (excludes halogenated alkanes) is 6. The van der Waals surface area contributed by atoms with E-state index in [-0.39, 0.29) is 17.9 Å². The van der Waals surface area contributed by atoms with Gasteiger partial charge >= 0.3 is 17.9 Å². The molecular weight excluding hydrogens is 797 g/mol. The summed E-state index contributed by atoms with van der Waals surface area (Å²) in [6, 6.07) is 25.8. The average Bonchev–Trinajstić information content (AvgIpc) is 3.30. The monoisotopic (exact) mass is 850 g/mol. The molecule has 0 fully saturated rings. The van der Waals surface area contributed by atoms with Gasteiger partial charge in [-0.15, -0.1) is 0 Å². The zero-order valence-electron chi connectivity index (χ0n) is 35.0. The number of nitrogens with zero attached hydrogens (tertiary/aromatic N) is 2. The molecule has 14 nitrogen and oxygen atoms in total. The number of aliphatic hydroxyl groups is 1. The topological polar surface area (TPSA) is 170 Å². The Balaban J connectivity index is 1.15. The van der Waals surface area contributed by atoms with Gasteiger partial charge in [0.25, 0.3) is 0 Å². The summed E-state index contributed by atoms with van der Waals surface area (Å²) < 4.78 is 32.2. The minimum absolute atomic E-state index is 0.118. The van der Waals surface area contributed by atoms with Gasteiger partial charge in [0.1, 0.15) is 29.4 Å². The van der Waals surface area contributed by atoms with Crippen LogP contribution in [0.2, 0.25) is 0 Å². The molecule has 328 valence electrons. The molecule has 1 unspecified atom stereocenters.